The predicted molar refractivity (Wildman–Crippen MR) is 109 cm³/mol. The van der Waals surface area contributed by atoms with Crippen molar-refractivity contribution in [3.05, 3.63) is 60.4 Å². The van der Waals surface area contributed by atoms with Crippen LogP contribution in [0.1, 0.15) is 23.2 Å². The van der Waals surface area contributed by atoms with Gasteiger partial charge in [0.05, 0.1) is 5.56 Å². The van der Waals surface area contributed by atoms with Gasteiger partial charge in [0.15, 0.2) is 0 Å². The largest absolute Gasteiger partial charge is 0.350 e. The maximum atomic E-state index is 12.4. The Hall–Kier alpha value is -3.42. The summed E-state index contributed by atoms with van der Waals surface area (Å²) in [7, 11) is 0. The van der Waals surface area contributed by atoms with Gasteiger partial charge in [0, 0.05) is 50.2 Å². The third-order valence-corrected chi connectivity index (χ3v) is 4.80. The van der Waals surface area contributed by atoms with Gasteiger partial charge in [-0.05, 0) is 37.1 Å². The van der Waals surface area contributed by atoms with Crippen molar-refractivity contribution in [1.82, 2.24) is 20.5 Å². The second-order valence-electron chi connectivity index (χ2n) is 6.85. The molecule has 8 heteroatoms. The minimum atomic E-state index is -0.224. The number of carbonyl (C=O) groups is 3. The van der Waals surface area contributed by atoms with E-state index in [1.807, 2.05) is 30.3 Å². The van der Waals surface area contributed by atoms with Crippen LogP contribution in [0.25, 0.3) is 0 Å². The Morgan fingerprint density at radius 3 is 2.38 bits per heavy atom. The van der Waals surface area contributed by atoms with E-state index in [1.54, 1.807) is 23.2 Å². The van der Waals surface area contributed by atoms with E-state index in [2.05, 4.69) is 20.9 Å². The van der Waals surface area contributed by atoms with E-state index in [-0.39, 0.29) is 23.8 Å². The summed E-state index contributed by atoms with van der Waals surface area (Å²) >= 11 is 0. The number of benzene rings is 1. The van der Waals surface area contributed by atoms with Crippen molar-refractivity contribution in [2.24, 2.45) is 5.92 Å². The lowest BCUT2D eigenvalue weighted by Gasteiger charge is -2.31. The minimum Gasteiger partial charge on any atom is -0.350 e. The van der Waals surface area contributed by atoms with E-state index in [9.17, 15) is 14.4 Å². The predicted octanol–water partition coefficient (Wildman–Crippen LogP) is 1.87. The standard InChI is InChI=1S/C21H25N5O3/c27-19(17-5-4-10-22-15-17)23-11-12-24-21(29)26-13-8-16(9-14-26)20(28)25-18-6-2-1-3-7-18/h1-7,10,15-16H,8-9,11-14H2,(H,23,27)(H,24,29)(H,25,28). The molecular weight excluding hydrogens is 370 g/mol. The summed E-state index contributed by atoms with van der Waals surface area (Å²) in [5, 5.41) is 8.46. The van der Waals surface area contributed by atoms with Gasteiger partial charge in [0.25, 0.3) is 5.91 Å². The molecule has 3 N–H and O–H groups in total. The molecule has 29 heavy (non-hydrogen) atoms. The summed E-state index contributed by atoms with van der Waals surface area (Å²) in [6.45, 7) is 1.72. The van der Waals surface area contributed by atoms with Crippen molar-refractivity contribution in [3.8, 4) is 0 Å². The summed E-state index contributed by atoms with van der Waals surface area (Å²) in [5.74, 6) is -0.329. The molecular formula is C21H25N5O3. The molecule has 152 valence electrons. The number of nitrogens with zero attached hydrogens (tertiary/aromatic N) is 2. The van der Waals surface area contributed by atoms with E-state index in [0.29, 0.717) is 44.6 Å². The SMILES string of the molecule is O=C(NCCNC(=O)N1CCC(C(=O)Nc2ccccc2)CC1)c1cccnc1. The number of para-hydroxylation sites is 1. The maximum Gasteiger partial charge on any atom is 0.317 e. The number of pyridine rings is 1. The average Bonchev–Trinajstić information content (AvgIpc) is 2.77. The number of urea groups is 1. The number of anilines is 1. The molecule has 2 heterocycles. The molecule has 8 nitrogen and oxygen atoms in total. The first-order valence-corrected chi connectivity index (χ1v) is 9.70. The van der Waals surface area contributed by atoms with Crippen LogP contribution < -0.4 is 16.0 Å². The smallest absolute Gasteiger partial charge is 0.317 e. The topological polar surface area (TPSA) is 103 Å². The molecule has 1 aliphatic rings. The highest BCUT2D eigenvalue weighted by atomic mass is 16.2. The van der Waals surface area contributed by atoms with Crippen LogP contribution in [0.3, 0.4) is 0 Å². The van der Waals surface area contributed by atoms with Crippen LogP contribution in [-0.2, 0) is 4.79 Å². The van der Waals surface area contributed by atoms with Crippen LogP contribution in [0, 0.1) is 5.92 Å². The van der Waals surface area contributed by atoms with E-state index in [4.69, 9.17) is 0 Å². The average molecular weight is 395 g/mol. The molecule has 1 fully saturated rings. The molecule has 0 radical (unpaired) electrons. The molecule has 0 atom stereocenters. The van der Waals surface area contributed by atoms with Gasteiger partial charge in [0.1, 0.15) is 0 Å². The zero-order chi connectivity index (χ0) is 20.5. The minimum absolute atomic E-state index is 0.00521. The summed E-state index contributed by atoms with van der Waals surface area (Å²) in [4.78, 5) is 42.1. The molecule has 0 aliphatic carbocycles. The molecule has 1 aromatic carbocycles. The Bertz CT molecular complexity index is 821. The van der Waals surface area contributed by atoms with Crippen molar-refractivity contribution in [3.63, 3.8) is 0 Å². The van der Waals surface area contributed by atoms with Crippen LogP contribution in [0.2, 0.25) is 0 Å². The number of piperidine rings is 1. The molecule has 1 aliphatic heterocycles. The quantitative estimate of drug-likeness (QED) is 0.650. The van der Waals surface area contributed by atoms with Gasteiger partial charge >= 0.3 is 6.03 Å². The Morgan fingerprint density at radius 2 is 1.69 bits per heavy atom. The summed E-state index contributed by atoms with van der Waals surface area (Å²) in [5.41, 5.74) is 1.26. The number of hydrogen-bond donors (Lipinski definition) is 3. The number of rotatable bonds is 6. The lowest BCUT2D eigenvalue weighted by atomic mass is 9.96. The van der Waals surface area contributed by atoms with Crippen LogP contribution in [0.15, 0.2) is 54.9 Å². The van der Waals surface area contributed by atoms with Crippen molar-refractivity contribution >= 4 is 23.5 Å². The Morgan fingerprint density at radius 1 is 0.966 bits per heavy atom. The van der Waals surface area contributed by atoms with Crippen LogP contribution in [0.4, 0.5) is 10.5 Å². The molecule has 0 unspecified atom stereocenters. The summed E-state index contributed by atoms with van der Waals surface area (Å²) in [6, 6.07) is 12.6. The number of amides is 4. The van der Waals surface area contributed by atoms with E-state index in [1.165, 1.54) is 6.20 Å². The van der Waals surface area contributed by atoms with Gasteiger partial charge in [-0.25, -0.2) is 4.79 Å². The first kappa shape index (κ1) is 20.3. The highest BCUT2D eigenvalue weighted by Crippen LogP contribution is 2.19. The van der Waals surface area contributed by atoms with Gasteiger partial charge in [-0.3, -0.25) is 14.6 Å². The molecule has 0 saturated carbocycles. The lowest BCUT2D eigenvalue weighted by Crippen LogP contribution is -2.47. The number of carbonyl (C=O) groups excluding carboxylic acids is 3. The normalized spacial score (nSPS) is 14.1. The molecule has 0 spiro atoms. The molecule has 0 bridgehead atoms. The highest BCUT2D eigenvalue weighted by Gasteiger charge is 2.27. The third kappa shape index (κ3) is 6.03. The molecule has 2 aromatic rings. The molecule has 4 amide bonds. The lowest BCUT2D eigenvalue weighted by molar-refractivity contribution is -0.121. The van der Waals surface area contributed by atoms with Crippen molar-refractivity contribution in [2.75, 3.05) is 31.5 Å². The number of hydrogen-bond acceptors (Lipinski definition) is 4. The van der Waals surface area contributed by atoms with Crippen LogP contribution in [0.5, 0.6) is 0 Å². The second kappa shape index (κ2) is 10.2. The molecule has 1 aromatic heterocycles. The third-order valence-electron chi connectivity index (χ3n) is 4.80. The van der Waals surface area contributed by atoms with Crippen LogP contribution >= 0.6 is 0 Å². The fraction of sp³-hybridized carbons (Fsp3) is 0.333. The van der Waals surface area contributed by atoms with Crippen molar-refractivity contribution < 1.29 is 14.4 Å². The van der Waals surface area contributed by atoms with E-state index in [0.717, 1.165) is 5.69 Å². The van der Waals surface area contributed by atoms with Crippen LogP contribution in [-0.4, -0.2) is 53.9 Å². The van der Waals surface area contributed by atoms with E-state index < -0.39 is 0 Å². The van der Waals surface area contributed by atoms with Crippen molar-refractivity contribution in [1.29, 1.82) is 0 Å². The first-order chi connectivity index (χ1) is 14.1. The number of aromatic nitrogens is 1. The number of nitrogens with one attached hydrogen (secondary N) is 3. The van der Waals surface area contributed by atoms with Gasteiger partial charge < -0.3 is 20.9 Å². The maximum absolute atomic E-state index is 12.4. The fourth-order valence-corrected chi connectivity index (χ4v) is 3.17. The fourth-order valence-electron chi connectivity index (χ4n) is 3.17. The van der Waals surface area contributed by atoms with Gasteiger partial charge in [0.2, 0.25) is 5.91 Å². The van der Waals surface area contributed by atoms with Gasteiger partial charge in [-0.2, -0.15) is 0 Å². The zero-order valence-corrected chi connectivity index (χ0v) is 16.1. The van der Waals surface area contributed by atoms with Gasteiger partial charge in [-0.1, -0.05) is 18.2 Å². The monoisotopic (exact) mass is 395 g/mol. The second-order valence-corrected chi connectivity index (χ2v) is 6.85. The Kier molecular flexibility index (Phi) is 7.16. The van der Waals surface area contributed by atoms with E-state index >= 15 is 0 Å². The molecule has 3 rings (SSSR count). The van der Waals surface area contributed by atoms with Crippen molar-refractivity contribution in [2.45, 2.75) is 12.8 Å². The zero-order valence-electron chi connectivity index (χ0n) is 16.1. The molecule has 1 saturated heterocycles. The summed E-state index contributed by atoms with van der Waals surface area (Å²) < 4.78 is 0. The summed E-state index contributed by atoms with van der Waals surface area (Å²) in [6.07, 6.45) is 4.35. The Labute approximate surface area is 169 Å². The van der Waals surface area contributed by atoms with Gasteiger partial charge in [-0.15, -0.1) is 0 Å². The number of likely N-dealkylation sites (tertiary alicyclic amines) is 1. The highest BCUT2D eigenvalue weighted by molar-refractivity contribution is 5.94. The Balaban J connectivity index is 1.33. The first-order valence-electron chi connectivity index (χ1n) is 9.70.